The van der Waals surface area contributed by atoms with Gasteiger partial charge in [0.15, 0.2) is 0 Å². The number of nitrogens with zero attached hydrogens (tertiary/aromatic N) is 3. The minimum absolute atomic E-state index is 0.0778. The molecule has 0 radical (unpaired) electrons. The van der Waals surface area contributed by atoms with Crippen LogP contribution in [0.3, 0.4) is 0 Å². The monoisotopic (exact) mass is 527 g/mol. The first-order valence-corrected chi connectivity index (χ1v) is 13.5. The van der Waals surface area contributed by atoms with Crippen LogP contribution >= 0.6 is 0 Å². The molecule has 0 saturated carbocycles. The number of aldehydes is 1. The van der Waals surface area contributed by atoms with Gasteiger partial charge in [-0.2, -0.15) is 0 Å². The minimum Gasteiger partial charge on any atom is -0.338 e. The van der Waals surface area contributed by atoms with E-state index >= 15 is 0 Å². The predicted molar refractivity (Wildman–Crippen MR) is 157 cm³/mol. The molecule has 1 fully saturated rings. The van der Waals surface area contributed by atoms with Crippen molar-refractivity contribution in [1.82, 2.24) is 9.80 Å². The minimum atomic E-state index is -0.770. The number of urea groups is 1. The Bertz CT molecular complexity index is 1480. The zero-order valence-electron chi connectivity index (χ0n) is 22.0. The summed E-state index contributed by atoms with van der Waals surface area (Å²) >= 11 is 0. The van der Waals surface area contributed by atoms with Gasteiger partial charge in [0.05, 0.1) is 17.3 Å². The van der Waals surface area contributed by atoms with Crippen molar-refractivity contribution in [1.29, 1.82) is 0 Å². The van der Waals surface area contributed by atoms with Crippen molar-refractivity contribution in [3.05, 3.63) is 131 Å². The van der Waals surface area contributed by atoms with E-state index in [2.05, 4.69) is 0 Å². The van der Waals surface area contributed by atoms with Gasteiger partial charge in [-0.15, -0.1) is 0 Å². The SMILES string of the molecule is O=C[C@@H]1CN(C(=O)C(c2ccccc2)c2ccccc2)CCN1C(=O)N1c2ccccc2C=Cc2ccccc21. The Kier molecular flexibility index (Phi) is 6.98. The van der Waals surface area contributed by atoms with Crippen LogP contribution in [0.1, 0.15) is 28.2 Å². The number of benzene rings is 4. The van der Waals surface area contributed by atoms with E-state index in [0.717, 1.165) is 39.9 Å². The van der Waals surface area contributed by atoms with Gasteiger partial charge in [0, 0.05) is 19.6 Å². The van der Waals surface area contributed by atoms with Crippen molar-refractivity contribution in [3.63, 3.8) is 0 Å². The van der Waals surface area contributed by atoms with Crippen LogP contribution in [0.4, 0.5) is 16.2 Å². The Morgan fingerprint density at radius 2 is 1.18 bits per heavy atom. The van der Waals surface area contributed by atoms with Crippen LogP contribution in [0, 0.1) is 0 Å². The first-order valence-electron chi connectivity index (χ1n) is 13.5. The predicted octanol–water partition coefficient (Wildman–Crippen LogP) is 5.97. The van der Waals surface area contributed by atoms with Crippen LogP contribution in [-0.4, -0.2) is 53.7 Å². The van der Waals surface area contributed by atoms with Crippen molar-refractivity contribution in [2.24, 2.45) is 0 Å². The molecule has 0 bridgehead atoms. The molecule has 6 rings (SSSR count). The fraction of sp³-hybridized carbons (Fsp3) is 0.147. The molecule has 6 nitrogen and oxygen atoms in total. The molecule has 0 aromatic heterocycles. The van der Waals surface area contributed by atoms with Gasteiger partial charge in [-0.1, -0.05) is 109 Å². The fourth-order valence-corrected chi connectivity index (χ4v) is 5.62. The number of amides is 3. The Morgan fingerprint density at radius 1 is 0.675 bits per heavy atom. The van der Waals surface area contributed by atoms with Crippen molar-refractivity contribution in [2.75, 3.05) is 24.5 Å². The summed E-state index contributed by atoms with van der Waals surface area (Å²) in [6.07, 6.45) is 4.79. The van der Waals surface area contributed by atoms with E-state index in [1.165, 1.54) is 0 Å². The summed E-state index contributed by atoms with van der Waals surface area (Å²) in [6, 6.07) is 33.8. The molecule has 0 N–H and O–H groups in total. The summed E-state index contributed by atoms with van der Waals surface area (Å²) < 4.78 is 0. The van der Waals surface area contributed by atoms with Crippen LogP contribution in [0.25, 0.3) is 12.2 Å². The fourth-order valence-electron chi connectivity index (χ4n) is 5.62. The average Bonchev–Trinajstić information content (AvgIpc) is 3.18. The van der Waals surface area contributed by atoms with E-state index in [4.69, 9.17) is 0 Å². The lowest BCUT2D eigenvalue weighted by atomic mass is 9.89. The second-order valence-corrected chi connectivity index (χ2v) is 10.0. The van der Waals surface area contributed by atoms with Crippen LogP contribution in [0.15, 0.2) is 109 Å². The highest BCUT2D eigenvalue weighted by molar-refractivity contribution is 6.06. The maximum Gasteiger partial charge on any atom is 0.329 e. The van der Waals surface area contributed by atoms with Crippen LogP contribution < -0.4 is 4.90 Å². The number of carbonyl (C=O) groups is 3. The van der Waals surface area contributed by atoms with Gasteiger partial charge < -0.3 is 14.6 Å². The number of hydrogen-bond donors (Lipinski definition) is 0. The number of anilines is 2. The lowest BCUT2D eigenvalue weighted by Crippen LogP contribution is -2.60. The quantitative estimate of drug-likeness (QED) is 0.307. The molecule has 0 unspecified atom stereocenters. The zero-order chi connectivity index (χ0) is 27.5. The second kappa shape index (κ2) is 11.0. The zero-order valence-corrected chi connectivity index (χ0v) is 22.0. The number of carbonyl (C=O) groups excluding carboxylic acids is 3. The number of rotatable bonds is 4. The molecule has 2 heterocycles. The van der Waals surface area contributed by atoms with Gasteiger partial charge in [-0.25, -0.2) is 4.79 Å². The van der Waals surface area contributed by atoms with E-state index in [1.807, 2.05) is 121 Å². The van der Waals surface area contributed by atoms with Crippen LogP contribution in [-0.2, 0) is 9.59 Å². The summed E-state index contributed by atoms with van der Waals surface area (Å²) in [6.45, 7) is 0.721. The molecule has 6 heteroatoms. The highest BCUT2D eigenvalue weighted by Gasteiger charge is 2.38. The van der Waals surface area contributed by atoms with Gasteiger partial charge in [0.25, 0.3) is 0 Å². The third-order valence-electron chi connectivity index (χ3n) is 7.63. The third-order valence-corrected chi connectivity index (χ3v) is 7.63. The van der Waals surface area contributed by atoms with Crippen molar-refractivity contribution in [3.8, 4) is 0 Å². The van der Waals surface area contributed by atoms with Crippen molar-refractivity contribution >= 4 is 41.8 Å². The Morgan fingerprint density at radius 3 is 1.70 bits per heavy atom. The molecule has 3 amide bonds. The molecule has 4 aromatic rings. The standard InChI is InChI=1S/C34H29N3O3/c38-24-29-23-35(33(39)32(27-13-3-1-4-14-27)28-15-5-2-6-16-28)21-22-36(29)34(40)37-30-17-9-7-11-25(30)19-20-26-12-8-10-18-31(26)37/h1-20,24,29,32H,21-23H2/t29-/m0/s1. The van der Waals surface area contributed by atoms with E-state index in [1.54, 1.807) is 14.7 Å². The summed E-state index contributed by atoms with van der Waals surface area (Å²) in [5, 5.41) is 0. The summed E-state index contributed by atoms with van der Waals surface area (Å²) in [5.74, 6) is -0.571. The van der Waals surface area contributed by atoms with Gasteiger partial charge in [0.1, 0.15) is 12.3 Å². The number of hydrogen-bond acceptors (Lipinski definition) is 3. The largest absolute Gasteiger partial charge is 0.338 e. The lowest BCUT2D eigenvalue weighted by Gasteiger charge is -2.42. The van der Waals surface area contributed by atoms with E-state index < -0.39 is 12.0 Å². The van der Waals surface area contributed by atoms with E-state index in [-0.39, 0.29) is 25.0 Å². The maximum atomic E-state index is 14.2. The smallest absolute Gasteiger partial charge is 0.329 e. The molecule has 2 aliphatic rings. The molecule has 4 aromatic carbocycles. The van der Waals surface area contributed by atoms with Crippen LogP contribution in [0.5, 0.6) is 0 Å². The molecule has 0 spiro atoms. The molecule has 1 atom stereocenters. The molecule has 198 valence electrons. The Labute approximate surface area is 233 Å². The Balaban J connectivity index is 1.30. The molecule has 1 saturated heterocycles. The van der Waals surface area contributed by atoms with Crippen molar-refractivity contribution in [2.45, 2.75) is 12.0 Å². The van der Waals surface area contributed by atoms with Gasteiger partial charge in [0.2, 0.25) is 5.91 Å². The second-order valence-electron chi connectivity index (χ2n) is 10.0. The van der Waals surface area contributed by atoms with Gasteiger partial charge in [-0.05, 0) is 34.4 Å². The Hall–Kier alpha value is -4.97. The molecule has 40 heavy (non-hydrogen) atoms. The van der Waals surface area contributed by atoms with Crippen LogP contribution in [0.2, 0.25) is 0 Å². The average molecular weight is 528 g/mol. The lowest BCUT2D eigenvalue weighted by molar-refractivity contribution is -0.135. The highest BCUT2D eigenvalue weighted by atomic mass is 16.2. The molecular weight excluding hydrogens is 498 g/mol. The van der Waals surface area contributed by atoms with Gasteiger partial charge >= 0.3 is 6.03 Å². The number of piperazine rings is 1. The van der Waals surface area contributed by atoms with Gasteiger partial charge in [-0.3, -0.25) is 9.69 Å². The molecule has 2 aliphatic heterocycles. The summed E-state index contributed by atoms with van der Waals surface area (Å²) in [5.41, 5.74) is 5.12. The third kappa shape index (κ3) is 4.69. The topological polar surface area (TPSA) is 60.9 Å². The first kappa shape index (κ1) is 25.3. The number of para-hydroxylation sites is 2. The highest BCUT2D eigenvalue weighted by Crippen LogP contribution is 2.37. The summed E-state index contributed by atoms with van der Waals surface area (Å²) in [7, 11) is 0. The first-order chi connectivity index (χ1) is 19.7. The number of fused-ring (bicyclic) bond motifs is 2. The van der Waals surface area contributed by atoms with Crippen molar-refractivity contribution < 1.29 is 14.4 Å². The molecular formula is C34H29N3O3. The molecule has 0 aliphatic carbocycles. The van der Waals surface area contributed by atoms with E-state index in [0.29, 0.717) is 6.54 Å². The normalized spacial score (nSPS) is 16.2. The summed E-state index contributed by atoms with van der Waals surface area (Å²) in [4.78, 5) is 45.7. The van der Waals surface area contributed by atoms with E-state index in [9.17, 15) is 14.4 Å². The maximum absolute atomic E-state index is 14.2.